The normalized spacial score (nSPS) is 10.9. The van der Waals surface area contributed by atoms with Crippen molar-refractivity contribution in [1.82, 2.24) is 4.98 Å². The number of hydrogen-bond acceptors (Lipinski definition) is 1. The van der Waals surface area contributed by atoms with E-state index in [2.05, 4.69) is 46.6 Å². The predicted molar refractivity (Wildman–Crippen MR) is 68.9 cm³/mol. The summed E-state index contributed by atoms with van der Waals surface area (Å²) in [4.78, 5) is 4.39. The number of aromatic nitrogens is 1. The summed E-state index contributed by atoms with van der Waals surface area (Å²) < 4.78 is 1.15. The van der Waals surface area contributed by atoms with Crippen molar-refractivity contribution in [2.24, 2.45) is 0 Å². The number of aryl methyl sites for hydroxylation is 2. The third kappa shape index (κ3) is 1.61. The topological polar surface area (TPSA) is 12.9 Å². The summed E-state index contributed by atoms with van der Waals surface area (Å²) in [7, 11) is 0. The van der Waals surface area contributed by atoms with Gasteiger partial charge in [-0.25, -0.2) is 0 Å². The molecule has 0 spiro atoms. The molecule has 2 rings (SSSR count). The van der Waals surface area contributed by atoms with Crippen LogP contribution in [-0.2, 0) is 0 Å². The second-order valence-electron chi connectivity index (χ2n) is 3.40. The SMILES string of the molecule is Cc1cc(I)c2ncc(C)c(Cl)c2c1. The first kappa shape index (κ1) is 10.2. The van der Waals surface area contributed by atoms with Gasteiger partial charge in [-0.05, 0) is 59.7 Å². The van der Waals surface area contributed by atoms with E-state index in [9.17, 15) is 0 Å². The van der Waals surface area contributed by atoms with E-state index >= 15 is 0 Å². The molecule has 2 aromatic rings. The zero-order chi connectivity index (χ0) is 10.3. The van der Waals surface area contributed by atoms with Gasteiger partial charge in [0, 0.05) is 15.2 Å². The summed E-state index contributed by atoms with van der Waals surface area (Å²) in [5, 5.41) is 1.87. The largest absolute Gasteiger partial charge is 0.255 e. The van der Waals surface area contributed by atoms with E-state index in [0.29, 0.717) is 0 Å². The molecule has 0 amide bonds. The summed E-state index contributed by atoms with van der Waals surface area (Å²) in [6, 6.07) is 4.20. The number of fused-ring (bicyclic) bond motifs is 1. The molecule has 0 fully saturated rings. The lowest BCUT2D eigenvalue weighted by molar-refractivity contribution is 1.32. The molecule has 0 atom stereocenters. The number of rotatable bonds is 0. The minimum Gasteiger partial charge on any atom is -0.255 e. The number of halogens is 2. The lowest BCUT2D eigenvalue weighted by atomic mass is 10.1. The fraction of sp³-hybridized carbons (Fsp3) is 0.182. The van der Waals surface area contributed by atoms with Gasteiger partial charge < -0.3 is 0 Å². The molecule has 1 nitrogen and oxygen atoms in total. The van der Waals surface area contributed by atoms with Crippen molar-refractivity contribution >= 4 is 45.1 Å². The molecule has 0 N–H and O–H groups in total. The van der Waals surface area contributed by atoms with Crippen molar-refractivity contribution < 1.29 is 0 Å². The Morgan fingerprint density at radius 1 is 1.29 bits per heavy atom. The van der Waals surface area contributed by atoms with Gasteiger partial charge in [-0.2, -0.15) is 0 Å². The minimum absolute atomic E-state index is 0.816. The van der Waals surface area contributed by atoms with Crippen molar-refractivity contribution in [3.63, 3.8) is 0 Å². The zero-order valence-electron chi connectivity index (χ0n) is 7.94. The van der Waals surface area contributed by atoms with Crippen LogP contribution in [0.15, 0.2) is 18.3 Å². The predicted octanol–water partition coefficient (Wildman–Crippen LogP) is 4.11. The van der Waals surface area contributed by atoms with Crippen LogP contribution in [0.3, 0.4) is 0 Å². The Balaban J connectivity index is 2.95. The Hall–Kier alpha value is -0.350. The lowest BCUT2D eigenvalue weighted by Crippen LogP contribution is -1.88. The highest BCUT2D eigenvalue weighted by atomic mass is 127. The molecule has 1 aromatic heterocycles. The quantitative estimate of drug-likeness (QED) is 0.666. The summed E-state index contributed by atoms with van der Waals surface area (Å²) in [6.07, 6.45) is 1.82. The molecule has 0 aliphatic rings. The molecule has 1 aromatic carbocycles. The van der Waals surface area contributed by atoms with Crippen molar-refractivity contribution in [3.8, 4) is 0 Å². The first-order chi connectivity index (χ1) is 6.59. The van der Waals surface area contributed by atoms with Gasteiger partial charge in [0.2, 0.25) is 0 Å². The Morgan fingerprint density at radius 3 is 2.71 bits per heavy atom. The molecule has 14 heavy (non-hydrogen) atoms. The second kappa shape index (κ2) is 3.66. The van der Waals surface area contributed by atoms with Gasteiger partial charge in [0.1, 0.15) is 0 Å². The molecule has 0 aliphatic carbocycles. The molecule has 0 bridgehead atoms. The minimum atomic E-state index is 0.816. The Bertz CT molecular complexity index is 508. The second-order valence-corrected chi connectivity index (χ2v) is 4.94. The van der Waals surface area contributed by atoms with Crippen LogP contribution < -0.4 is 0 Å². The Kier molecular flexibility index (Phi) is 2.66. The van der Waals surface area contributed by atoms with Crippen LogP contribution in [0.4, 0.5) is 0 Å². The van der Waals surface area contributed by atoms with E-state index in [4.69, 9.17) is 11.6 Å². The molecule has 1 heterocycles. The zero-order valence-corrected chi connectivity index (χ0v) is 10.8. The average Bonchev–Trinajstić information content (AvgIpc) is 2.12. The number of hydrogen-bond donors (Lipinski definition) is 0. The van der Waals surface area contributed by atoms with Crippen LogP contribution >= 0.6 is 34.2 Å². The van der Waals surface area contributed by atoms with Gasteiger partial charge in [-0.3, -0.25) is 4.98 Å². The number of nitrogens with zero attached hydrogens (tertiary/aromatic N) is 1. The van der Waals surface area contributed by atoms with Crippen LogP contribution in [0.25, 0.3) is 10.9 Å². The maximum Gasteiger partial charge on any atom is 0.0850 e. The van der Waals surface area contributed by atoms with Gasteiger partial charge in [-0.1, -0.05) is 11.6 Å². The molecule has 0 radical (unpaired) electrons. The van der Waals surface area contributed by atoms with E-state index in [0.717, 1.165) is 25.1 Å². The van der Waals surface area contributed by atoms with E-state index in [1.807, 2.05) is 13.1 Å². The highest BCUT2D eigenvalue weighted by Crippen LogP contribution is 2.28. The standard InChI is InChI=1S/C11H9ClIN/c1-6-3-8-10(12)7(2)5-14-11(8)9(13)4-6/h3-5H,1-2H3. The number of benzene rings is 1. The highest BCUT2D eigenvalue weighted by molar-refractivity contribution is 14.1. The van der Waals surface area contributed by atoms with Crippen molar-refractivity contribution in [2.75, 3.05) is 0 Å². The third-order valence-electron chi connectivity index (χ3n) is 2.18. The molecular weight excluding hydrogens is 308 g/mol. The smallest absolute Gasteiger partial charge is 0.0850 e. The molecule has 3 heteroatoms. The van der Waals surface area contributed by atoms with E-state index < -0.39 is 0 Å². The van der Waals surface area contributed by atoms with Gasteiger partial charge in [-0.15, -0.1) is 0 Å². The van der Waals surface area contributed by atoms with Crippen LogP contribution in [0.5, 0.6) is 0 Å². The lowest BCUT2D eigenvalue weighted by Gasteiger charge is -2.06. The van der Waals surface area contributed by atoms with Gasteiger partial charge in [0.05, 0.1) is 10.5 Å². The Morgan fingerprint density at radius 2 is 2.00 bits per heavy atom. The van der Waals surface area contributed by atoms with Gasteiger partial charge in [0.15, 0.2) is 0 Å². The molecule has 0 aliphatic heterocycles. The average molecular weight is 318 g/mol. The molecule has 0 saturated heterocycles. The first-order valence-electron chi connectivity index (χ1n) is 4.30. The van der Waals surface area contributed by atoms with E-state index in [1.54, 1.807) is 0 Å². The fourth-order valence-electron chi connectivity index (χ4n) is 1.46. The maximum atomic E-state index is 6.23. The van der Waals surface area contributed by atoms with Crippen LogP contribution in [0.2, 0.25) is 5.02 Å². The summed E-state index contributed by atoms with van der Waals surface area (Å²) in [5.74, 6) is 0. The first-order valence-corrected chi connectivity index (χ1v) is 5.76. The highest BCUT2D eigenvalue weighted by Gasteiger charge is 2.06. The van der Waals surface area contributed by atoms with Gasteiger partial charge in [0.25, 0.3) is 0 Å². The van der Waals surface area contributed by atoms with Crippen LogP contribution in [-0.4, -0.2) is 4.98 Å². The summed E-state index contributed by atoms with van der Waals surface area (Å²) >= 11 is 8.52. The van der Waals surface area contributed by atoms with Crippen molar-refractivity contribution in [3.05, 3.63) is 38.0 Å². The van der Waals surface area contributed by atoms with Crippen molar-refractivity contribution in [2.45, 2.75) is 13.8 Å². The molecule has 0 saturated carbocycles. The van der Waals surface area contributed by atoms with Gasteiger partial charge >= 0.3 is 0 Å². The monoisotopic (exact) mass is 317 g/mol. The maximum absolute atomic E-state index is 6.23. The molecule has 0 unspecified atom stereocenters. The fourth-order valence-corrected chi connectivity index (χ4v) is 2.58. The van der Waals surface area contributed by atoms with E-state index in [1.165, 1.54) is 5.56 Å². The number of pyridine rings is 1. The summed E-state index contributed by atoms with van der Waals surface area (Å²) in [6.45, 7) is 4.05. The third-order valence-corrected chi connectivity index (χ3v) is 3.50. The van der Waals surface area contributed by atoms with E-state index in [-0.39, 0.29) is 0 Å². The van der Waals surface area contributed by atoms with Crippen LogP contribution in [0.1, 0.15) is 11.1 Å². The molecular formula is C11H9ClIN. The van der Waals surface area contributed by atoms with Crippen LogP contribution in [0, 0.1) is 17.4 Å². The summed E-state index contributed by atoms with van der Waals surface area (Å²) in [5.41, 5.74) is 3.24. The van der Waals surface area contributed by atoms with Crippen molar-refractivity contribution in [1.29, 1.82) is 0 Å². The molecule has 72 valence electrons. The Labute approximate surface area is 102 Å².